The van der Waals surface area contributed by atoms with Gasteiger partial charge in [-0.3, -0.25) is 4.90 Å². The molecule has 1 saturated heterocycles. The lowest BCUT2D eigenvalue weighted by Gasteiger charge is -2.39. The Labute approximate surface area is 119 Å². The molecule has 6 heteroatoms. The minimum Gasteiger partial charge on any atom is -0.484 e. The summed E-state index contributed by atoms with van der Waals surface area (Å²) in [7, 11) is 2.19. The number of aromatic nitrogens is 1. The van der Waals surface area contributed by atoms with Crippen LogP contribution in [0.15, 0.2) is 0 Å². The van der Waals surface area contributed by atoms with Crippen LogP contribution in [-0.2, 0) is 0 Å². The summed E-state index contributed by atoms with van der Waals surface area (Å²) < 4.78 is 10.1. The van der Waals surface area contributed by atoms with Gasteiger partial charge in [-0.05, 0) is 38.8 Å². The molecule has 1 aromatic heterocycles. The summed E-state index contributed by atoms with van der Waals surface area (Å²) in [5.74, 6) is 1.28. The van der Waals surface area contributed by atoms with Gasteiger partial charge in [0, 0.05) is 25.7 Å². The third-order valence-corrected chi connectivity index (χ3v) is 4.45. The Hall–Kier alpha value is -1.01. The number of ether oxygens (including phenoxy) is 1. The van der Waals surface area contributed by atoms with Crippen molar-refractivity contribution >= 4 is 22.4 Å². The fourth-order valence-corrected chi connectivity index (χ4v) is 3.19. The van der Waals surface area contributed by atoms with E-state index < -0.39 is 0 Å². The van der Waals surface area contributed by atoms with Crippen LogP contribution in [0.3, 0.4) is 0 Å². The van der Waals surface area contributed by atoms with Crippen LogP contribution in [0.2, 0.25) is 0 Å². The first kappa shape index (κ1) is 14.4. The number of rotatable bonds is 4. The predicted molar refractivity (Wildman–Crippen MR) is 81.2 cm³/mol. The average molecular weight is 284 g/mol. The van der Waals surface area contributed by atoms with Crippen LogP contribution < -0.4 is 15.4 Å². The molecular weight excluding hydrogens is 260 g/mol. The van der Waals surface area contributed by atoms with Crippen LogP contribution in [0.5, 0.6) is 5.75 Å². The Morgan fingerprint density at radius 2 is 2.21 bits per heavy atom. The Kier molecular flexibility index (Phi) is 4.52. The lowest BCUT2D eigenvalue weighted by atomic mass is 10.1. The third-order valence-electron chi connectivity index (χ3n) is 3.55. The predicted octanol–water partition coefficient (Wildman–Crippen LogP) is 2.04. The first-order valence-electron chi connectivity index (χ1n) is 6.89. The van der Waals surface area contributed by atoms with Gasteiger partial charge in [-0.2, -0.15) is 4.37 Å². The summed E-state index contributed by atoms with van der Waals surface area (Å²) >= 11 is 1.45. The summed E-state index contributed by atoms with van der Waals surface area (Å²) in [4.78, 5) is 4.78. The molecule has 0 aliphatic carbocycles. The lowest BCUT2D eigenvalue weighted by molar-refractivity contribution is 0.211. The van der Waals surface area contributed by atoms with Crippen LogP contribution in [-0.4, -0.2) is 48.1 Å². The largest absolute Gasteiger partial charge is 0.484 e. The maximum Gasteiger partial charge on any atom is 0.198 e. The maximum absolute atomic E-state index is 5.93. The highest BCUT2D eigenvalue weighted by Gasteiger charge is 2.27. The number of nitrogen functional groups attached to an aromatic ring is 1. The fourth-order valence-electron chi connectivity index (χ4n) is 2.40. The van der Waals surface area contributed by atoms with E-state index in [2.05, 4.69) is 28.1 Å². The second-order valence-corrected chi connectivity index (χ2v) is 6.11. The number of hydrogen-bond acceptors (Lipinski definition) is 6. The SMILES string of the molecule is CCC1CN(c2snc(N)c2OC(C)C)CCN1C. The highest BCUT2D eigenvalue weighted by atomic mass is 32.1. The number of anilines is 2. The molecule has 1 unspecified atom stereocenters. The van der Waals surface area contributed by atoms with Crippen LogP contribution in [0, 0.1) is 0 Å². The third kappa shape index (κ3) is 3.12. The van der Waals surface area contributed by atoms with E-state index in [1.165, 1.54) is 11.5 Å². The van der Waals surface area contributed by atoms with E-state index in [9.17, 15) is 0 Å². The van der Waals surface area contributed by atoms with Crippen LogP contribution in [0.4, 0.5) is 10.8 Å². The zero-order valence-corrected chi connectivity index (χ0v) is 13.0. The van der Waals surface area contributed by atoms with Gasteiger partial charge in [-0.1, -0.05) is 6.92 Å². The summed E-state index contributed by atoms with van der Waals surface area (Å²) in [6.07, 6.45) is 1.27. The molecule has 2 N–H and O–H groups in total. The van der Waals surface area contributed by atoms with Crippen molar-refractivity contribution in [3.63, 3.8) is 0 Å². The van der Waals surface area contributed by atoms with E-state index in [0.29, 0.717) is 11.9 Å². The van der Waals surface area contributed by atoms with E-state index in [1.807, 2.05) is 13.8 Å². The molecule has 0 amide bonds. The van der Waals surface area contributed by atoms with Gasteiger partial charge in [0.1, 0.15) is 0 Å². The van der Waals surface area contributed by atoms with Gasteiger partial charge in [0.15, 0.2) is 16.6 Å². The van der Waals surface area contributed by atoms with Gasteiger partial charge in [0.25, 0.3) is 0 Å². The van der Waals surface area contributed by atoms with Crippen LogP contribution >= 0.6 is 11.5 Å². The molecule has 1 aliphatic rings. The van der Waals surface area contributed by atoms with Crippen molar-refractivity contribution in [1.82, 2.24) is 9.27 Å². The van der Waals surface area contributed by atoms with Gasteiger partial charge in [0.2, 0.25) is 0 Å². The molecule has 5 nitrogen and oxygen atoms in total. The summed E-state index contributed by atoms with van der Waals surface area (Å²) in [5, 5.41) is 1.08. The quantitative estimate of drug-likeness (QED) is 0.917. The molecule has 1 atom stereocenters. The number of nitrogens with zero attached hydrogens (tertiary/aromatic N) is 3. The Morgan fingerprint density at radius 1 is 1.47 bits per heavy atom. The van der Waals surface area contributed by atoms with Gasteiger partial charge in [-0.15, -0.1) is 0 Å². The Bertz CT molecular complexity index is 421. The highest BCUT2D eigenvalue weighted by molar-refractivity contribution is 7.11. The second-order valence-electron chi connectivity index (χ2n) is 5.36. The van der Waals surface area contributed by atoms with Crippen molar-refractivity contribution in [2.45, 2.75) is 39.3 Å². The number of likely N-dealkylation sites (N-methyl/N-ethyl adjacent to an activating group) is 1. The minimum atomic E-state index is 0.117. The van der Waals surface area contributed by atoms with E-state index in [1.54, 1.807) is 0 Å². The monoisotopic (exact) mass is 284 g/mol. The normalized spacial score (nSPS) is 21.1. The van der Waals surface area contributed by atoms with Crippen molar-refractivity contribution in [3.05, 3.63) is 0 Å². The zero-order valence-electron chi connectivity index (χ0n) is 12.2. The van der Waals surface area contributed by atoms with E-state index in [0.717, 1.165) is 36.8 Å². The highest BCUT2D eigenvalue weighted by Crippen LogP contribution is 2.39. The van der Waals surface area contributed by atoms with Crippen molar-refractivity contribution < 1.29 is 4.74 Å². The zero-order chi connectivity index (χ0) is 14.0. The molecule has 2 heterocycles. The molecule has 1 aliphatic heterocycles. The summed E-state index contributed by atoms with van der Waals surface area (Å²) in [5.41, 5.74) is 5.93. The number of nitrogens with two attached hydrogens (primary N) is 1. The van der Waals surface area contributed by atoms with Crippen LogP contribution in [0.1, 0.15) is 27.2 Å². The smallest absolute Gasteiger partial charge is 0.198 e. The minimum absolute atomic E-state index is 0.117. The summed E-state index contributed by atoms with van der Waals surface area (Å²) in [6.45, 7) is 9.35. The average Bonchev–Trinajstić information content (AvgIpc) is 2.71. The van der Waals surface area contributed by atoms with Gasteiger partial charge < -0.3 is 15.4 Å². The Balaban J connectivity index is 2.17. The maximum atomic E-state index is 5.93. The van der Waals surface area contributed by atoms with E-state index in [4.69, 9.17) is 10.5 Å². The fraction of sp³-hybridized carbons (Fsp3) is 0.769. The number of piperazine rings is 1. The van der Waals surface area contributed by atoms with Gasteiger partial charge >= 0.3 is 0 Å². The van der Waals surface area contributed by atoms with Crippen molar-refractivity contribution in [2.24, 2.45) is 0 Å². The Morgan fingerprint density at radius 3 is 2.84 bits per heavy atom. The molecule has 0 radical (unpaired) electrons. The molecule has 0 bridgehead atoms. The molecule has 19 heavy (non-hydrogen) atoms. The van der Waals surface area contributed by atoms with Gasteiger partial charge in [0.05, 0.1) is 6.10 Å². The van der Waals surface area contributed by atoms with E-state index >= 15 is 0 Å². The molecule has 0 aromatic carbocycles. The van der Waals surface area contributed by atoms with Crippen LogP contribution in [0.25, 0.3) is 0 Å². The molecule has 0 spiro atoms. The van der Waals surface area contributed by atoms with Crippen molar-refractivity contribution in [3.8, 4) is 5.75 Å². The first-order valence-corrected chi connectivity index (χ1v) is 7.67. The molecule has 108 valence electrons. The summed E-state index contributed by atoms with van der Waals surface area (Å²) in [6, 6.07) is 0.587. The second kappa shape index (κ2) is 5.96. The first-order chi connectivity index (χ1) is 9.02. The molecule has 1 aromatic rings. The topological polar surface area (TPSA) is 54.6 Å². The van der Waals surface area contributed by atoms with Gasteiger partial charge in [-0.25, -0.2) is 0 Å². The van der Waals surface area contributed by atoms with Crippen molar-refractivity contribution in [2.75, 3.05) is 37.3 Å². The lowest BCUT2D eigenvalue weighted by Crippen LogP contribution is -2.51. The number of hydrogen-bond donors (Lipinski definition) is 1. The molecule has 1 fully saturated rings. The molecule has 0 saturated carbocycles. The standard InChI is InChI=1S/C13H24N4OS/c1-5-10-8-17(7-6-16(10)4)13-11(18-9(2)3)12(14)15-19-13/h9-10H,5-8H2,1-4H3,(H2,14,15). The molecule has 2 rings (SSSR count). The van der Waals surface area contributed by atoms with E-state index in [-0.39, 0.29) is 6.10 Å². The molecular formula is C13H24N4OS. The van der Waals surface area contributed by atoms with Crippen molar-refractivity contribution in [1.29, 1.82) is 0 Å².